The molecule has 0 bridgehead atoms. The van der Waals surface area contributed by atoms with Crippen LogP contribution in [0.3, 0.4) is 0 Å². The molecule has 0 atom stereocenters. The number of nitrogens with one attached hydrogen (secondary N) is 1. The van der Waals surface area contributed by atoms with E-state index in [0.29, 0.717) is 5.69 Å². The van der Waals surface area contributed by atoms with Crippen LogP contribution in [0, 0.1) is 10.1 Å². The summed E-state index contributed by atoms with van der Waals surface area (Å²) in [6, 6.07) is 8.71. The van der Waals surface area contributed by atoms with E-state index in [1.807, 2.05) is 26.0 Å². The molecule has 156 valence electrons. The molecule has 0 saturated heterocycles. The van der Waals surface area contributed by atoms with Crippen molar-refractivity contribution in [2.75, 3.05) is 30.4 Å². The average Bonchev–Trinajstić information content (AvgIpc) is 2.69. The fraction of sp³-hybridized carbons (Fsp3) is 0.316. The van der Waals surface area contributed by atoms with Crippen LogP contribution in [-0.2, 0) is 0 Å². The maximum Gasteiger partial charge on any atom is 0.387 e. The Morgan fingerprint density at radius 1 is 1.17 bits per heavy atom. The first kappa shape index (κ1) is 21.9. The average molecular weight is 409 g/mol. The quantitative estimate of drug-likeness (QED) is 0.490. The van der Waals surface area contributed by atoms with Crippen molar-refractivity contribution in [3.8, 4) is 11.5 Å². The molecule has 0 unspecified atom stereocenters. The van der Waals surface area contributed by atoms with Crippen molar-refractivity contribution < 1.29 is 28.0 Å². The summed E-state index contributed by atoms with van der Waals surface area (Å²) < 4.78 is 34.2. The van der Waals surface area contributed by atoms with E-state index in [1.165, 1.54) is 7.11 Å². The second-order valence-electron chi connectivity index (χ2n) is 5.83. The second kappa shape index (κ2) is 9.67. The van der Waals surface area contributed by atoms with Crippen LogP contribution in [0.1, 0.15) is 24.2 Å². The van der Waals surface area contributed by atoms with Crippen LogP contribution in [0.15, 0.2) is 36.4 Å². The first-order chi connectivity index (χ1) is 13.8. The fourth-order valence-corrected chi connectivity index (χ4v) is 2.77. The van der Waals surface area contributed by atoms with E-state index in [4.69, 9.17) is 4.74 Å². The number of halogens is 2. The molecular formula is C19H21F2N3O5. The van der Waals surface area contributed by atoms with Crippen LogP contribution in [0.5, 0.6) is 11.5 Å². The van der Waals surface area contributed by atoms with Crippen molar-refractivity contribution in [1.82, 2.24) is 0 Å². The summed E-state index contributed by atoms with van der Waals surface area (Å²) in [5.74, 6) is -1.54. The molecular weight excluding hydrogens is 388 g/mol. The topological polar surface area (TPSA) is 93.9 Å². The molecule has 0 fully saturated rings. The lowest BCUT2D eigenvalue weighted by atomic mass is 10.1. The van der Waals surface area contributed by atoms with Gasteiger partial charge in [0.2, 0.25) is 0 Å². The van der Waals surface area contributed by atoms with Gasteiger partial charge in [0.1, 0.15) is 5.56 Å². The van der Waals surface area contributed by atoms with Gasteiger partial charge in [-0.25, -0.2) is 0 Å². The minimum atomic E-state index is -3.20. The lowest BCUT2D eigenvalue weighted by Crippen LogP contribution is -2.21. The Kier molecular flexibility index (Phi) is 7.29. The number of anilines is 2. The van der Waals surface area contributed by atoms with Gasteiger partial charge in [0, 0.05) is 30.5 Å². The molecule has 2 aromatic rings. The summed E-state index contributed by atoms with van der Waals surface area (Å²) in [4.78, 5) is 25.2. The number of alkyl halides is 2. The van der Waals surface area contributed by atoms with Gasteiger partial charge < -0.3 is 19.7 Å². The molecule has 0 aliphatic carbocycles. The number of nitro groups is 1. The highest BCUT2D eigenvalue weighted by Crippen LogP contribution is 2.36. The fourth-order valence-electron chi connectivity index (χ4n) is 2.77. The summed E-state index contributed by atoms with van der Waals surface area (Å²) in [6.07, 6.45) is 0. The number of methoxy groups -OCH3 is 1. The molecule has 1 N–H and O–H groups in total. The van der Waals surface area contributed by atoms with E-state index >= 15 is 0 Å². The van der Waals surface area contributed by atoms with Crippen molar-refractivity contribution in [3.63, 3.8) is 0 Å². The van der Waals surface area contributed by atoms with Crippen molar-refractivity contribution in [1.29, 1.82) is 0 Å². The number of carbonyl (C=O) groups excluding carboxylic acids is 1. The van der Waals surface area contributed by atoms with Gasteiger partial charge in [-0.2, -0.15) is 8.78 Å². The first-order valence-corrected chi connectivity index (χ1v) is 8.78. The summed E-state index contributed by atoms with van der Waals surface area (Å²) >= 11 is 0. The van der Waals surface area contributed by atoms with Crippen molar-refractivity contribution in [2.45, 2.75) is 20.5 Å². The highest BCUT2D eigenvalue weighted by Gasteiger charge is 2.26. The summed E-state index contributed by atoms with van der Waals surface area (Å²) in [7, 11) is 1.17. The van der Waals surface area contributed by atoms with Gasteiger partial charge in [-0.1, -0.05) is 0 Å². The molecule has 0 spiro atoms. The molecule has 0 aromatic heterocycles. The molecule has 2 aromatic carbocycles. The highest BCUT2D eigenvalue weighted by atomic mass is 19.3. The Labute approximate surface area is 166 Å². The smallest absolute Gasteiger partial charge is 0.387 e. The van der Waals surface area contributed by atoms with Crippen molar-refractivity contribution in [2.24, 2.45) is 0 Å². The maximum absolute atomic E-state index is 12.6. The lowest BCUT2D eigenvalue weighted by molar-refractivity contribution is -0.385. The van der Waals surface area contributed by atoms with Crippen LogP contribution in [0.4, 0.5) is 25.8 Å². The molecule has 2 rings (SSSR count). The van der Waals surface area contributed by atoms with E-state index in [9.17, 15) is 23.7 Å². The SMILES string of the molecule is CCN(CC)c1ccc(NC(=O)c2cc(OC)c(OC(F)F)cc2[N+](=O)[O-])cc1. The van der Waals surface area contributed by atoms with E-state index < -0.39 is 28.9 Å². The number of rotatable bonds is 9. The predicted octanol–water partition coefficient (Wildman–Crippen LogP) is 4.30. The molecule has 1 amide bonds. The van der Waals surface area contributed by atoms with Gasteiger partial charge in [0.25, 0.3) is 11.6 Å². The number of ether oxygens (including phenoxy) is 2. The molecule has 0 radical (unpaired) electrons. The zero-order valence-corrected chi connectivity index (χ0v) is 16.1. The Balaban J connectivity index is 2.33. The molecule has 0 aliphatic rings. The van der Waals surface area contributed by atoms with Gasteiger partial charge in [-0.05, 0) is 38.1 Å². The highest BCUT2D eigenvalue weighted by molar-refractivity contribution is 6.07. The molecule has 29 heavy (non-hydrogen) atoms. The summed E-state index contributed by atoms with van der Waals surface area (Å²) in [5.41, 5.74) is 0.362. The third-order valence-corrected chi connectivity index (χ3v) is 4.19. The molecule has 0 aliphatic heterocycles. The predicted molar refractivity (Wildman–Crippen MR) is 104 cm³/mol. The number of amides is 1. The number of nitro benzene ring substituents is 1. The number of hydrogen-bond donors (Lipinski definition) is 1. The standard InChI is InChI=1S/C19H21F2N3O5/c1-4-23(5-2)13-8-6-12(7-9-13)22-18(25)14-10-16(28-3)17(29-19(20)21)11-15(14)24(26)27/h6-11,19H,4-5H2,1-3H3,(H,22,25). The molecule has 0 saturated carbocycles. The monoisotopic (exact) mass is 409 g/mol. The van der Waals surface area contributed by atoms with Crippen LogP contribution >= 0.6 is 0 Å². The van der Waals surface area contributed by atoms with Gasteiger partial charge in [-0.15, -0.1) is 0 Å². The second-order valence-corrected chi connectivity index (χ2v) is 5.83. The third kappa shape index (κ3) is 5.31. The number of nitrogens with zero attached hydrogens (tertiary/aromatic N) is 2. The van der Waals surface area contributed by atoms with E-state index in [1.54, 1.807) is 12.1 Å². The zero-order chi connectivity index (χ0) is 21.6. The van der Waals surface area contributed by atoms with Gasteiger partial charge in [0.05, 0.1) is 18.1 Å². The number of hydrogen-bond acceptors (Lipinski definition) is 6. The van der Waals surface area contributed by atoms with Crippen molar-refractivity contribution in [3.05, 3.63) is 52.1 Å². The number of benzene rings is 2. The summed E-state index contributed by atoms with van der Waals surface area (Å²) in [5, 5.41) is 13.9. The Morgan fingerprint density at radius 3 is 2.28 bits per heavy atom. The van der Waals surface area contributed by atoms with Gasteiger partial charge in [-0.3, -0.25) is 14.9 Å². The van der Waals surface area contributed by atoms with Crippen LogP contribution in [0.25, 0.3) is 0 Å². The Bertz CT molecular complexity index is 871. The van der Waals surface area contributed by atoms with Crippen LogP contribution < -0.4 is 19.7 Å². The van der Waals surface area contributed by atoms with Crippen molar-refractivity contribution >= 4 is 23.0 Å². The van der Waals surface area contributed by atoms with E-state index in [0.717, 1.165) is 30.9 Å². The maximum atomic E-state index is 12.6. The largest absolute Gasteiger partial charge is 0.493 e. The Morgan fingerprint density at radius 2 is 1.79 bits per heavy atom. The third-order valence-electron chi connectivity index (χ3n) is 4.19. The molecule has 10 heteroatoms. The van der Waals surface area contributed by atoms with Crippen LogP contribution in [-0.4, -0.2) is 37.6 Å². The number of carbonyl (C=O) groups is 1. The van der Waals surface area contributed by atoms with E-state index in [2.05, 4.69) is 15.0 Å². The summed E-state index contributed by atoms with van der Waals surface area (Å²) in [6.45, 7) is 2.48. The lowest BCUT2D eigenvalue weighted by Gasteiger charge is -2.21. The normalized spacial score (nSPS) is 10.6. The van der Waals surface area contributed by atoms with Gasteiger partial charge >= 0.3 is 6.61 Å². The minimum Gasteiger partial charge on any atom is -0.493 e. The van der Waals surface area contributed by atoms with Crippen LogP contribution in [0.2, 0.25) is 0 Å². The molecule has 8 nitrogen and oxygen atoms in total. The minimum absolute atomic E-state index is 0.224. The zero-order valence-electron chi connectivity index (χ0n) is 16.1. The first-order valence-electron chi connectivity index (χ1n) is 8.78. The molecule has 0 heterocycles. The van der Waals surface area contributed by atoms with E-state index in [-0.39, 0.29) is 11.3 Å². The van der Waals surface area contributed by atoms with Gasteiger partial charge in [0.15, 0.2) is 11.5 Å². The Hall–Kier alpha value is -3.43.